The highest BCUT2D eigenvalue weighted by Crippen LogP contribution is 2.23. The van der Waals surface area contributed by atoms with Crippen LogP contribution in [-0.4, -0.2) is 30.6 Å². The van der Waals surface area contributed by atoms with E-state index >= 15 is 0 Å². The van der Waals surface area contributed by atoms with Crippen LogP contribution in [0.5, 0.6) is 0 Å². The van der Waals surface area contributed by atoms with Crippen molar-refractivity contribution in [2.75, 3.05) is 18.6 Å². The van der Waals surface area contributed by atoms with Gasteiger partial charge in [-0.2, -0.15) is 0 Å². The predicted molar refractivity (Wildman–Crippen MR) is 59.4 cm³/mol. The van der Waals surface area contributed by atoms with Crippen LogP contribution in [0.25, 0.3) is 0 Å². The standard InChI is InChI=1S/C11H14N2O3/c1-16-11(15)8-4-3-7-13(8)9-5-2-6-10(14)12-9/h2,5-6,8H,3-4,7H2,1H3,(H,12,14). The molecule has 2 rings (SSSR count). The number of carbonyl (C=O) groups is 1. The second kappa shape index (κ2) is 4.38. The molecule has 1 atom stereocenters. The Morgan fingerprint density at radius 1 is 1.56 bits per heavy atom. The van der Waals surface area contributed by atoms with Gasteiger partial charge in [0.15, 0.2) is 0 Å². The monoisotopic (exact) mass is 222 g/mol. The van der Waals surface area contributed by atoms with Gasteiger partial charge in [0.25, 0.3) is 0 Å². The van der Waals surface area contributed by atoms with Crippen molar-refractivity contribution in [3.05, 3.63) is 28.6 Å². The molecule has 1 aromatic heterocycles. The van der Waals surface area contributed by atoms with E-state index in [-0.39, 0.29) is 17.6 Å². The predicted octanol–water partition coefficient (Wildman–Crippen LogP) is 0.517. The Morgan fingerprint density at radius 3 is 3.06 bits per heavy atom. The average molecular weight is 222 g/mol. The van der Waals surface area contributed by atoms with Gasteiger partial charge < -0.3 is 14.6 Å². The van der Waals surface area contributed by atoms with Crippen molar-refractivity contribution in [3.8, 4) is 0 Å². The van der Waals surface area contributed by atoms with Gasteiger partial charge in [0, 0.05) is 12.6 Å². The summed E-state index contributed by atoms with van der Waals surface area (Å²) in [6.07, 6.45) is 1.69. The number of esters is 1. The molecule has 0 amide bonds. The van der Waals surface area contributed by atoms with Crippen molar-refractivity contribution in [3.63, 3.8) is 0 Å². The Balaban J connectivity index is 2.26. The molecule has 0 radical (unpaired) electrons. The summed E-state index contributed by atoms with van der Waals surface area (Å²) in [5, 5.41) is 0. The number of pyridine rings is 1. The molecule has 1 fully saturated rings. The number of rotatable bonds is 2. The molecule has 1 unspecified atom stereocenters. The first-order valence-corrected chi connectivity index (χ1v) is 5.26. The normalized spacial score (nSPS) is 19.8. The van der Waals surface area contributed by atoms with E-state index in [2.05, 4.69) is 4.98 Å². The molecular formula is C11H14N2O3. The molecule has 16 heavy (non-hydrogen) atoms. The minimum absolute atomic E-state index is 0.159. The lowest BCUT2D eigenvalue weighted by Crippen LogP contribution is -2.38. The van der Waals surface area contributed by atoms with Crippen molar-refractivity contribution in [1.82, 2.24) is 4.98 Å². The zero-order chi connectivity index (χ0) is 11.5. The van der Waals surface area contributed by atoms with Gasteiger partial charge in [0.05, 0.1) is 7.11 Å². The minimum atomic E-state index is -0.275. The van der Waals surface area contributed by atoms with Crippen molar-refractivity contribution in [1.29, 1.82) is 0 Å². The lowest BCUT2D eigenvalue weighted by Gasteiger charge is -2.23. The number of aromatic amines is 1. The number of methoxy groups -OCH3 is 1. The SMILES string of the molecule is COC(=O)C1CCCN1c1cccc(=O)[nH]1. The first kappa shape index (κ1) is 10.7. The van der Waals surface area contributed by atoms with Gasteiger partial charge in [-0.1, -0.05) is 6.07 Å². The first-order valence-electron chi connectivity index (χ1n) is 5.26. The van der Waals surface area contributed by atoms with Gasteiger partial charge in [0.1, 0.15) is 11.9 Å². The molecule has 0 aliphatic carbocycles. The molecule has 5 heteroatoms. The van der Waals surface area contributed by atoms with Crippen LogP contribution in [0.2, 0.25) is 0 Å². The highest BCUT2D eigenvalue weighted by molar-refractivity contribution is 5.80. The summed E-state index contributed by atoms with van der Waals surface area (Å²) in [4.78, 5) is 27.3. The molecule has 1 aromatic rings. The molecule has 1 N–H and O–H groups in total. The van der Waals surface area contributed by atoms with E-state index < -0.39 is 0 Å². The second-order valence-electron chi connectivity index (χ2n) is 3.77. The van der Waals surface area contributed by atoms with Crippen LogP contribution in [0.15, 0.2) is 23.0 Å². The lowest BCUT2D eigenvalue weighted by atomic mass is 10.2. The largest absolute Gasteiger partial charge is 0.467 e. The van der Waals surface area contributed by atoms with Crippen LogP contribution < -0.4 is 10.5 Å². The Hall–Kier alpha value is -1.78. The number of H-pyrrole nitrogens is 1. The van der Waals surface area contributed by atoms with Crippen LogP contribution >= 0.6 is 0 Å². The summed E-state index contributed by atoms with van der Waals surface area (Å²) in [6, 6.07) is 4.65. The van der Waals surface area contributed by atoms with Gasteiger partial charge in [-0.05, 0) is 18.9 Å². The topological polar surface area (TPSA) is 62.4 Å². The third kappa shape index (κ3) is 1.93. The van der Waals surface area contributed by atoms with Gasteiger partial charge in [-0.3, -0.25) is 4.79 Å². The number of carbonyl (C=O) groups excluding carboxylic acids is 1. The van der Waals surface area contributed by atoms with E-state index in [9.17, 15) is 9.59 Å². The van der Waals surface area contributed by atoms with Gasteiger partial charge in [0.2, 0.25) is 5.56 Å². The number of nitrogens with one attached hydrogen (secondary N) is 1. The van der Waals surface area contributed by atoms with Crippen molar-refractivity contribution in [2.24, 2.45) is 0 Å². The summed E-state index contributed by atoms with van der Waals surface area (Å²) in [6.45, 7) is 0.764. The molecule has 5 nitrogen and oxygen atoms in total. The van der Waals surface area contributed by atoms with E-state index in [1.807, 2.05) is 4.90 Å². The van der Waals surface area contributed by atoms with E-state index in [0.717, 1.165) is 19.4 Å². The maximum absolute atomic E-state index is 11.5. The number of hydrogen-bond donors (Lipinski definition) is 1. The van der Waals surface area contributed by atoms with Crippen LogP contribution in [0.4, 0.5) is 5.82 Å². The van der Waals surface area contributed by atoms with E-state index in [4.69, 9.17) is 4.74 Å². The summed E-state index contributed by atoms with van der Waals surface area (Å²) in [7, 11) is 1.38. The van der Waals surface area contributed by atoms with Gasteiger partial charge >= 0.3 is 5.97 Å². The van der Waals surface area contributed by atoms with Crippen molar-refractivity contribution in [2.45, 2.75) is 18.9 Å². The van der Waals surface area contributed by atoms with Crippen LogP contribution in [0.3, 0.4) is 0 Å². The Labute approximate surface area is 93.0 Å². The molecule has 0 spiro atoms. The summed E-state index contributed by atoms with van der Waals surface area (Å²) >= 11 is 0. The fourth-order valence-electron chi connectivity index (χ4n) is 2.04. The molecule has 2 heterocycles. The number of nitrogens with zero attached hydrogens (tertiary/aromatic N) is 1. The molecule has 1 aliphatic heterocycles. The number of hydrogen-bond acceptors (Lipinski definition) is 4. The van der Waals surface area contributed by atoms with Crippen LogP contribution in [0.1, 0.15) is 12.8 Å². The number of anilines is 1. The quantitative estimate of drug-likeness (QED) is 0.741. The smallest absolute Gasteiger partial charge is 0.328 e. The van der Waals surface area contributed by atoms with E-state index in [1.54, 1.807) is 12.1 Å². The van der Waals surface area contributed by atoms with E-state index in [0.29, 0.717) is 5.82 Å². The number of aromatic nitrogens is 1. The number of ether oxygens (including phenoxy) is 1. The maximum atomic E-state index is 11.5. The highest BCUT2D eigenvalue weighted by atomic mass is 16.5. The van der Waals surface area contributed by atoms with Gasteiger partial charge in [-0.25, -0.2) is 4.79 Å². The van der Waals surface area contributed by atoms with Crippen molar-refractivity contribution < 1.29 is 9.53 Å². The molecule has 0 saturated carbocycles. The third-order valence-electron chi connectivity index (χ3n) is 2.79. The van der Waals surface area contributed by atoms with Crippen LogP contribution in [0, 0.1) is 0 Å². The van der Waals surface area contributed by atoms with Crippen molar-refractivity contribution >= 4 is 11.8 Å². The first-order chi connectivity index (χ1) is 7.72. The average Bonchev–Trinajstić information content (AvgIpc) is 2.77. The van der Waals surface area contributed by atoms with E-state index in [1.165, 1.54) is 13.2 Å². The maximum Gasteiger partial charge on any atom is 0.328 e. The molecule has 86 valence electrons. The molecule has 0 aromatic carbocycles. The summed E-state index contributed by atoms with van der Waals surface area (Å²) in [5.74, 6) is 0.433. The zero-order valence-electron chi connectivity index (χ0n) is 9.10. The fourth-order valence-corrected chi connectivity index (χ4v) is 2.04. The molecular weight excluding hydrogens is 208 g/mol. The molecule has 1 aliphatic rings. The second-order valence-corrected chi connectivity index (χ2v) is 3.77. The molecule has 1 saturated heterocycles. The Kier molecular flexibility index (Phi) is 2.94. The van der Waals surface area contributed by atoms with Crippen LogP contribution in [-0.2, 0) is 9.53 Å². The zero-order valence-corrected chi connectivity index (χ0v) is 9.10. The summed E-state index contributed by atoms with van der Waals surface area (Å²) < 4.78 is 4.74. The Bertz CT molecular complexity index is 441. The highest BCUT2D eigenvalue weighted by Gasteiger charge is 2.31. The fraction of sp³-hybridized carbons (Fsp3) is 0.455. The third-order valence-corrected chi connectivity index (χ3v) is 2.79. The summed E-state index contributed by atoms with van der Waals surface area (Å²) in [5.41, 5.74) is -0.159. The van der Waals surface area contributed by atoms with Gasteiger partial charge in [-0.15, -0.1) is 0 Å². The lowest BCUT2D eigenvalue weighted by molar-refractivity contribution is -0.141. The minimum Gasteiger partial charge on any atom is -0.467 e. The Morgan fingerprint density at radius 2 is 2.38 bits per heavy atom. The molecule has 0 bridgehead atoms.